The van der Waals surface area contributed by atoms with Gasteiger partial charge in [-0.2, -0.15) is 5.10 Å². The molecule has 3 rings (SSSR count). The molecule has 0 saturated carbocycles. The van der Waals surface area contributed by atoms with E-state index in [1.807, 2.05) is 0 Å². The molecule has 22 heavy (non-hydrogen) atoms. The fourth-order valence-corrected chi connectivity index (χ4v) is 3.53. The first kappa shape index (κ1) is 14.8. The average molecular weight is 343 g/mol. The Bertz CT molecular complexity index is 905. The molecule has 0 aliphatic carbocycles. The molecule has 1 saturated heterocycles. The van der Waals surface area contributed by atoms with E-state index in [-0.39, 0.29) is 29.6 Å². The van der Waals surface area contributed by atoms with Crippen LogP contribution in [0.25, 0.3) is 10.9 Å². The molecule has 2 heterocycles. The molecular formula is C12H11ClN4O4S. The van der Waals surface area contributed by atoms with Crippen molar-refractivity contribution in [2.24, 2.45) is 7.05 Å². The second-order valence-corrected chi connectivity index (χ2v) is 7.33. The molecule has 1 fully saturated rings. The molecule has 0 spiro atoms. The van der Waals surface area contributed by atoms with Crippen LogP contribution in [0.1, 0.15) is 6.42 Å². The summed E-state index contributed by atoms with van der Waals surface area (Å²) in [6.07, 6.45) is 0.150. The number of aromatic nitrogens is 2. The SMILES string of the molecule is Cn1nc(N2CCC(=O)NC2=O)c2cccc(S(=O)(=O)Cl)c21. The highest BCUT2D eigenvalue weighted by Crippen LogP contribution is 2.32. The predicted molar refractivity (Wildman–Crippen MR) is 79.3 cm³/mol. The zero-order chi connectivity index (χ0) is 16.1. The third kappa shape index (κ3) is 2.32. The monoisotopic (exact) mass is 342 g/mol. The van der Waals surface area contributed by atoms with Gasteiger partial charge >= 0.3 is 6.03 Å². The number of benzene rings is 1. The van der Waals surface area contributed by atoms with Crippen molar-refractivity contribution >= 4 is 48.4 Å². The first-order valence-electron chi connectivity index (χ1n) is 6.31. The van der Waals surface area contributed by atoms with E-state index < -0.39 is 15.1 Å². The molecule has 10 heteroatoms. The summed E-state index contributed by atoms with van der Waals surface area (Å²) in [5.41, 5.74) is 0.303. The Morgan fingerprint density at radius 1 is 1.32 bits per heavy atom. The first-order chi connectivity index (χ1) is 10.3. The minimum atomic E-state index is -3.95. The van der Waals surface area contributed by atoms with Gasteiger partial charge < -0.3 is 0 Å². The molecule has 0 atom stereocenters. The van der Waals surface area contributed by atoms with Crippen LogP contribution in [0, 0.1) is 0 Å². The number of carbonyl (C=O) groups excluding carboxylic acids is 2. The van der Waals surface area contributed by atoms with E-state index >= 15 is 0 Å². The number of fused-ring (bicyclic) bond motifs is 1. The molecule has 8 nitrogen and oxygen atoms in total. The number of rotatable bonds is 2. The van der Waals surface area contributed by atoms with Crippen LogP contribution in [-0.4, -0.2) is 36.7 Å². The second-order valence-electron chi connectivity index (χ2n) is 4.79. The smallest absolute Gasteiger partial charge is 0.278 e. The van der Waals surface area contributed by atoms with Gasteiger partial charge in [0.1, 0.15) is 4.90 Å². The quantitative estimate of drug-likeness (QED) is 0.819. The highest BCUT2D eigenvalue weighted by molar-refractivity contribution is 8.14. The van der Waals surface area contributed by atoms with Crippen LogP contribution in [0.5, 0.6) is 0 Å². The van der Waals surface area contributed by atoms with Crippen LogP contribution in [0.2, 0.25) is 0 Å². The Morgan fingerprint density at radius 2 is 2.05 bits per heavy atom. The van der Waals surface area contributed by atoms with E-state index in [1.165, 1.54) is 21.7 Å². The van der Waals surface area contributed by atoms with Crippen molar-refractivity contribution in [3.05, 3.63) is 18.2 Å². The summed E-state index contributed by atoms with van der Waals surface area (Å²) >= 11 is 0. The maximum Gasteiger partial charge on any atom is 0.329 e. The lowest BCUT2D eigenvalue weighted by Gasteiger charge is -2.24. The van der Waals surface area contributed by atoms with Gasteiger partial charge in [-0.05, 0) is 12.1 Å². The minimum absolute atomic E-state index is 0.0820. The Labute approximate surface area is 130 Å². The number of imide groups is 1. The van der Waals surface area contributed by atoms with Gasteiger partial charge in [0.05, 0.1) is 5.52 Å². The van der Waals surface area contributed by atoms with Crippen LogP contribution >= 0.6 is 10.7 Å². The number of urea groups is 1. The number of nitrogens with one attached hydrogen (secondary N) is 1. The molecule has 0 radical (unpaired) electrons. The van der Waals surface area contributed by atoms with Crippen LogP contribution in [-0.2, 0) is 20.9 Å². The third-order valence-electron chi connectivity index (χ3n) is 3.38. The van der Waals surface area contributed by atoms with Gasteiger partial charge in [0, 0.05) is 36.1 Å². The van der Waals surface area contributed by atoms with Gasteiger partial charge in [0.2, 0.25) is 5.91 Å². The fraction of sp³-hybridized carbons (Fsp3) is 0.250. The maximum absolute atomic E-state index is 11.9. The van der Waals surface area contributed by atoms with Crippen LogP contribution in [0.4, 0.5) is 10.6 Å². The number of para-hydroxylation sites is 1. The summed E-state index contributed by atoms with van der Waals surface area (Å²) in [4.78, 5) is 24.4. The number of carbonyl (C=O) groups is 2. The van der Waals surface area contributed by atoms with E-state index in [2.05, 4.69) is 10.4 Å². The van der Waals surface area contributed by atoms with Gasteiger partial charge in [0.25, 0.3) is 9.05 Å². The zero-order valence-corrected chi connectivity index (χ0v) is 13.0. The summed E-state index contributed by atoms with van der Waals surface area (Å²) < 4.78 is 24.7. The number of hydrogen-bond acceptors (Lipinski definition) is 5. The molecule has 0 bridgehead atoms. The predicted octanol–water partition coefficient (Wildman–Crippen LogP) is 0.947. The van der Waals surface area contributed by atoms with E-state index in [0.29, 0.717) is 10.9 Å². The van der Waals surface area contributed by atoms with Crippen molar-refractivity contribution in [2.45, 2.75) is 11.3 Å². The molecule has 0 unspecified atom stereocenters. The van der Waals surface area contributed by atoms with E-state index in [0.717, 1.165) is 0 Å². The molecule has 116 valence electrons. The molecule has 1 aromatic carbocycles. The van der Waals surface area contributed by atoms with Crippen molar-refractivity contribution in [3.63, 3.8) is 0 Å². The summed E-state index contributed by atoms with van der Waals surface area (Å²) in [5, 5.41) is 6.88. The first-order valence-corrected chi connectivity index (χ1v) is 8.61. The van der Waals surface area contributed by atoms with Crippen molar-refractivity contribution in [1.82, 2.24) is 15.1 Å². The van der Waals surface area contributed by atoms with Gasteiger partial charge in [-0.15, -0.1) is 0 Å². The van der Waals surface area contributed by atoms with Crippen LogP contribution in [0.3, 0.4) is 0 Å². The van der Waals surface area contributed by atoms with Crippen molar-refractivity contribution in [3.8, 4) is 0 Å². The zero-order valence-electron chi connectivity index (χ0n) is 11.4. The minimum Gasteiger partial charge on any atom is -0.278 e. The Kier molecular flexibility index (Phi) is 3.33. The second kappa shape index (κ2) is 4.96. The van der Waals surface area contributed by atoms with E-state index in [4.69, 9.17) is 10.7 Å². The summed E-state index contributed by atoms with van der Waals surface area (Å²) in [6, 6.07) is 3.95. The number of aryl methyl sites for hydroxylation is 1. The highest BCUT2D eigenvalue weighted by atomic mass is 35.7. The summed E-state index contributed by atoms with van der Waals surface area (Å²) in [7, 11) is 3.05. The molecule has 1 aliphatic heterocycles. The van der Waals surface area contributed by atoms with E-state index in [9.17, 15) is 18.0 Å². The summed E-state index contributed by atoms with van der Waals surface area (Å²) in [5.74, 6) is -0.0739. The molecule has 1 aliphatic rings. The Morgan fingerprint density at radius 3 is 2.68 bits per heavy atom. The van der Waals surface area contributed by atoms with Crippen molar-refractivity contribution < 1.29 is 18.0 Å². The average Bonchev–Trinajstić information content (AvgIpc) is 2.75. The fourth-order valence-electron chi connectivity index (χ4n) is 2.44. The van der Waals surface area contributed by atoms with Gasteiger partial charge in [-0.3, -0.25) is 19.7 Å². The number of hydrogen-bond donors (Lipinski definition) is 1. The number of amides is 3. The molecule has 1 aromatic heterocycles. The normalized spacial score (nSPS) is 16.2. The summed E-state index contributed by atoms with van der Waals surface area (Å²) in [6.45, 7) is 0.175. The van der Waals surface area contributed by atoms with Crippen molar-refractivity contribution in [1.29, 1.82) is 0 Å². The number of nitrogens with zero attached hydrogens (tertiary/aromatic N) is 3. The van der Waals surface area contributed by atoms with Gasteiger partial charge in [-0.25, -0.2) is 13.2 Å². The lowest BCUT2D eigenvalue weighted by atomic mass is 10.2. The number of halogens is 1. The Hall–Kier alpha value is -2.13. The largest absolute Gasteiger partial charge is 0.329 e. The third-order valence-corrected chi connectivity index (χ3v) is 4.73. The highest BCUT2D eigenvalue weighted by Gasteiger charge is 2.29. The lowest BCUT2D eigenvalue weighted by molar-refractivity contribution is -0.120. The lowest BCUT2D eigenvalue weighted by Crippen LogP contribution is -2.49. The maximum atomic E-state index is 11.9. The van der Waals surface area contributed by atoms with Gasteiger partial charge in [0.15, 0.2) is 5.82 Å². The van der Waals surface area contributed by atoms with Gasteiger partial charge in [-0.1, -0.05) is 6.07 Å². The van der Waals surface area contributed by atoms with Crippen LogP contribution in [0.15, 0.2) is 23.1 Å². The standard InChI is InChI=1S/C12H11ClN4O4S/c1-16-10-7(3-2-4-8(10)22(13,20)21)11(15-16)17-6-5-9(18)14-12(17)19/h2-4H,5-6H2,1H3,(H,14,18,19). The molecule has 2 aromatic rings. The van der Waals surface area contributed by atoms with E-state index in [1.54, 1.807) is 13.1 Å². The van der Waals surface area contributed by atoms with Crippen molar-refractivity contribution in [2.75, 3.05) is 11.4 Å². The molecule has 1 N–H and O–H groups in total. The topological polar surface area (TPSA) is 101 Å². The molecule has 3 amide bonds. The Balaban J connectivity index is 2.21. The number of anilines is 1. The van der Waals surface area contributed by atoms with Crippen LogP contribution < -0.4 is 10.2 Å². The molecular weight excluding hydrogens is 332 g/mol.